The Labute approximate surface area is 114 Å². The molecule has 3 N–H and O–H groups in total. The Morgan fingerprint density at radius 2 is 2.05 bits per heavy atom. The van der Waals surface area contributed by atoms with Crippen LogP contribution < -0.4 is 15.8 Å². The van der Waals surface area contributed by atoms with Crippen LogP contribution in [0.1, 0.15) is 24.2 Å². The lowest BCUT2D eigenvalue weighted by molar-refractivity contribution is 0.0864. The summed E-state index contributed by atoms with van der Waals surface area (Å²) in [6.45, 7) is 4.54. The maximum Gasteiger partial charge on any atom is 0.255 e. The molecule has 106 valence electrons. The minimum Gasteiger partial charge on any atom is -0.496 e. The summed E-state index contributed by atoms with van der Waals surface area (Å²) in [4.78, 5) is 12.2. The van der Waals surface area contributed by atoms with Gasteiger partial charge in [0.2, 0.25) is 0 Å². The number of ether oxygens (including phenoxy) is 2. The Balaban J connectivity index is 2.88. The van der Waals surface area contributed by atoms with Crippen LogP contribution >= 0.6 is 0 Å². The van der Waals surface area contributed by atoms with Crippen LogP contribution in [0.5, 0.6) is 5.75 Å². The third-order valence-corrected chi connectivity index (χ3v) is 2.94. The van der Waals surface area contributed by atoms with E-state index in [2.05, 4.69) is 5.32 Å². The van der Waals surface area contributed by atoms with Crippen molar-refractivity contribution >= 4 is 11.6 Å². The van der Waals surface area contributed by atoms with Crippen molar-refractivity contribution in [1.82, 2.24) is 5.32 Å². The third-order valence-electron chi connectivity index (χ3n) is 2.94. The predicted octanol–water partition coefficient (Wildman–Crippen LogP) is 1.68. The summed E-state index contributed by atoms with van der Waals surface area (Å²) in [6, 6.07) is 4.93. The molecule has 0 aliphatic heterocycles. The average Bonchev–Trinajstić information content (AvgIpc) is 2.37. The van der Waals surface area contributed by atoms with E-state index in [-0.39, 0.29) is 17.9 Å². The number of carbonyl (C=O) groups excluding carboxylic acids is 1. The van der Waals surface area contributed by atoms with Gasteiger partial charge in [-0.2, -0.15) is 0 Å². The SMILES string of the molecule is COCC(NC(=O)c1ccc(N)cc1OC)C(C)C. The zero-order valence-electron chi connectivity index (χ0n) is 11.9. The number of methoxy groups -OCH3 is 2. The van der Waals surface area contributed by atoms with Gasteiger partial charge in [-0.15, -0.1) is 0 Å². The van der Waals surface area contributed by atoms with Gasteiger partial charge in [0.25, 0.3) is 5.91 Å². The van der Waals surface area contributed by atoms with E-state index in [9.17, 15) is 4.79 Å². The number of nitrogen functional groups attached to an aromatic ring is 1. The second-order valence-corrected chi connectivity index (χ2v) is 4.74. The topological polar surface area (TPSA) is 73.6 Å². The molecule has 5 nitrogen and oxygen atoms in total. The van der Waals surface area contributed by atoms with E-state index in [1.54, 1.807) is 25.3 Å². The summed E-state index contributed by atoms with van der Waals surface area (Å²) in [5.74, 6) is 0.564. The number of benzene rings is 1. The van der Waals surface area contributed by atoms with Gasteiger partial charge in [-0.1, -0.05) is 13.8 Å². The summed E-state index contributed by atoms with van der Waals surface area (Å²) in [7, 11) is 3.13. The number of amides is 1. The molecule has 0 heterocycles. The molecule has 0 saturated heterocycles. The minimum absolute atomic E-state index is 0.0419. The fourth-order valence-electron chi connectivity index (χ4n) is 1.72. The number of carbonyl (C=O) groups is 1. The molecular weight excluding hydrogens is 244 g/mol. The quantitative estimate of drug-likeness (QED) is 0.768. The van der Waals surface area contributed by atoms with E-state index in [1.165, 1.54) is 7.11 Å². The van der Waals surface area contributed by atoms with E-state index in [0.717, 1.165) is 0 Å². The van der Waals surface area contributed by atoms with Crippen LogP contribution in [0.15, 0.2) is 18.2 Å². The largest absolute Gasteiger partial charge is 0.496 e. The number of hydrogen-bond acceptors (Lipinski definition) is 4. The first-order valence-corrected chi connectivity index (χ1v) is 6.23. The summed E-state index contributed by atoms with van der Waals surface area (Å²) in [6.07, 6.45) is 0. The lowest BCUT2D eigenvalue weighted by Gasteiger charge is -2.22. The summed E-state index contributed by atoms with van der Waals surface area (Å²) in [5.41, 5.74) is 6.70. The Bertz CT molecular complexity index is 433. The highest BCUT2D eigenvalue weighted by Crippen LogP contribution is 2.21. The smallest absolute Gasteiger partial charge is 0.255 e. The molecule has 0 radical (unpaired) electrons. The molecule has 0 fully saturated rings. The number of hydrogen-bond donors (Lipinski definition) is 2. The van der Waals surface area contributed by atoms with Gasteiger partial charge in [-0.25, -0.2) is 0 Å². The van der Waals surface area contributed by atoms with E-state index in [4.69, 9.17) is 15.2 Å². The lowest BCUT2D eigenvalue weighted by Crippen LogP contribution is -2.41. The van der Waals surface area contributed by atoms with E-state index in [0.29, 0.717) is 23.6 Å². The molecule has 1 rings (SSSR count). The molecule has 0 aliphatic carbocycles. The second kappa shape index (κ2) is 6.99. The van der Waals surface area contributed by atoms with Gasteiger partial charge in [-0.3, -0.25) is 4.79 Å². The normalized spacial score (nSPS) is 12.3. The molecule has 5 heteroatoms. The monoisotopic (exact) mass is 266 g/mol. The van der Waals surface area contributed by atoms with E-state index >= 15 is 0 Å². The van der Waals surface area contributed by atoms with Gasteiger partial charge in [0, 0.05) is 18.9 Å². The zero-order valence-corrected chi connectivity index (χ0v) is 11.9. The summed E-state index contributed by atoms with van der Waals surface area (Å²) in [5, 5.41) is 2.94. The van der Waals surface area contributed by atoms with Gasteiger partial charge >= 0.3 is 0 Å². The van der Waals surface area contributed by atoms with E-state index in [1.807, 2.05) is 13.8 Å². The molecule has 0 bridgehead atoms. The summed E-state index contributed by atoms with van der Waals surface area (Å²) >= 11 is 0. The highest BCUT2D eigenvalue weighted by Gasteiger charge is 2.19. The van der Waals surface area contributed by atoms with Gasteiger partial charge in [0.05, 0.1) is 25.3 Å². The van der Waals surface area contributed by atoms with Crippen molar-refractivity contribution in [2.75, 3.05) is 26.6 Å². The predicted molar refractivity (Wildman–Crippen MR) is 75.4 cm³/mol. The molecule has 19 heavy (non-hydrogen) atoms. The molecule has 0 spiro atoms. The van der Waals surface area contributed by atoms with Crippen LogP contribution in [-0.4, -0.2) is 32.8 Å². The van der Waals surface area contributed by atoms with Crippen molar-refractivity contribution in [2.45, 2.75) is 19.9 Å². The van der Waals surface area contributed by atoms with Crippen molar-refractivity contribution in [3.05, 3.63) is 23.8 Å². The third kappa shape index (κ3) is 4.13. The minimum atomic E-state index is -0.187. The fourth-order valence-corrected chi connectivity index (χ4v) is 1.72. The number of rotatable bonds is 6. The van der Waals surface area contributed by atoms with Crippen molar-refractivity contribution < 1.29 is 14.3 Å². The molecule has 1 atom stereocenters. The van der Waals surface area contributed by atoms with Gasteiger partial charge in [0.1, 0.15) is 5.75 Å². The average molecular weight is 266 g/mol. The first kappa shape index (κ1) is 15.3. The molecule has 0 aromatic heterocycles. The van der Waals surface area contributed by atoms with Crippen LogP contribution in [0.3, 0.4) is 0 Å². The maximum atomic E-state index is 12.2. The Morgan fingerprint density at radius 1 is 1.37 bits per heavy atom. The van der Waals surface area contributed by atoms with Gasteiger partial charge in [-0.05, 0) is 18.1 Å². The van der Waals surface area contributed by atoms with Crippen molar-refractivity contribution in [3.63, 3.8) is 0 Å². The maximum absolute atomic E-state index is 12.2. The molecular formula is C14H22N2O3. The van der Waals surface area contributed by atoms with Crippen LogP contribution in [0, 0.1) is 5.92 Å². The van der Waals surface area contributed by atoms with Gasteiger partial charge < -0.3 is 20.5 Å². The van der Waals surface area contributed by atoms with Gasteiger partial charge in [0.15, 0.2) is 0 Å². The first-order chi connectivity index (χ1) is 8.99. The molecule has 1 unspecified atom stereocenters. The Hall–Kier alpha value is -1.75. The van der Waals surface area contributed by atoms with Crippen molar-refractivity contribution in [1.29, 1.82) is 0 Å². The molecule has 1 aromatic carbocycles. The number of anilines is 1. The Kier molecular flexibility index (Phi) is 5.63. The molecule has 0 aliphatic rings. The Morgan fingerprint density at radius 3 is 2.58 bits per heavy atom. The first-order valence-electron chi connectivity index (χ1n) is 6.23. The van der Waals surface area contributed by atoms with E-state index < -0.39 is 0 Å². The van der Waals surface area contributed by atoms with Crippen LogP contribution in [0.25, 0.3) is 0 Å². The van der Waals surface area contributed by atoms with Crippen molar-refractivity contribution in [3.8, 4) is 5.75 Å². The standard InChI is InChI=1S/C14H22N2O3/c1-9(2)12(8-18-3)16-14(17)11-6-5-10(15)7-13(11)19-4/h5-7,9,12H,8,15H2,1-4H3,(H,16,17). The zero-order chi connectivity index (χ0) is 14.4. The van der Waals surface area contributed by atoms with Crippen molar-refractivity contribution in [2.24, 2.45) is 5.92 Å². The highest BCUT2D eigenvalue weighted by molar-refractivity contribution is 5.97. The highest BCUT2D eigenvalue weighted by atomic mass is 16.5. The number of nitrogens with one attached hydrogen (secondary N) is 1. The molecule has 1 amide bonds. The molecule has 0 saturated carbocycles. The second-order valence-electron chi connectivity index (χ2n) is 4.74. The number of nitrogens with two attached hydrogens (primary N) is 1. The van der Waals surface area contributed by atoms with Crippen LogP contribution in [0.2, 0.25) is 0 Å². The fraction of sp³-hybridized carbons (Fsp3) is 0.500. The molecule has 1 aromatic rings. The lowest BCUT2D eigenvalue weighted by atomic mass is 10.0. The summed E-state index contributed by atoms with van der Waals surface area (Å²) < 4.78 is 10.3. The van der Waals surface area contributed by atoms with Crippen LogP contribution in [0.4, 0.5) is 5.69 Å². The van der Waals surface area contributed by atoms with Crippen LogP contribution in [-0.2, 0) is 4.74 Å².